The SMILES string of the molecule is CC(C)[C@H](N)C(=O)N[C@H](C(=O)OCN1C(=O)N(Cc2ccc(Cl)cc2)SC1NC(=O)c1ccc(Cl)cc1)C(C)C.O=C(O)C(F)(F)F. The summed E-state index contributed by atoms with van der Waals surface area (Å²) in [6.45, 7) is 6.88. The monoisotopic (exact) mass is 723 g/mol. The van der Waals surface area contributed by atoms with E-state index in [0.29, 0.717) is 15.6 Å². The molecule has 1 heterocycles. The molecule has 18 heteroatoms. The van der Waals surface area contributed by atoms with E-state index in [-0.39, 0.29) is 18.4 Å². The van der Waals surface area contributed by atoms with E-state index in [1.54, 1.807) is 76.2 Å². The molecule has 1 saturated heterocycles. The van der Waals surface area contributed by atoms with Crippen LogP contribution in [0.15, 0.2) is 48.5 Å². The number of carboxylic acid groups (broad SMARTS) is 1. The molecular formula is C29H34Cl2F3N5O7S. The third kappa shape index (κ3) is 12.1. The minimum absolute atomic E-state index is 0.125. The van der Waals surface area contributed by atoms with Gasteiger partial charge in [-0.1, -0.05) is 63.0 Å². The third-order valence-corrected chi connectivity index (χ3v) is 8.01. The fourth-order valence-corrected chi connectivity index (χ4v) is 4.96. The Hall–Kier alpha value is -3.73. The van der Waals surface area contributed by atoms with Crippen molar-refractivity contribution in [2.45, 2.75) is 58.0 Å². The summed E-state index contributed by atoms with van der Waals surface area (Å²) < 4.78 is 38.7. The lowest BCUT2D eigenvalue weighted by Gasteiger charge is -2.26. The number of halogens is 5. The van der Waals surface area contributed by atoms with Gasteiger partial charge in [-0.3, -0.25) is 18.8 Å². The van der Waals surface area contributed by atoms with Gasteiger partial charge in [0.1, 0.15) is 6.04 Å². The predicted molar refractivity (Wildman–Crippen MR) is 169 cm³/mol. The first-order chi connectivity index (χ1) is 21.8. The molecule has 0 radical (unpaired) electrons. The standard InChI is InChI=1S/C27H33Cl2N5O5S.C2HF3O2/c1-15(2)21(30)24(36)31-22(16(3)4)25(37)39-14-33-26(32-23(35)18-7-11-20(29)12-8-18)40-34(27(33)38)13-17-5-9-19(28)10-6-17;3-2(4,5)1(6)7/h5-12,15-16,21-22,26H,13-14,30H2,1-4H3,(H,31,36)(H,32,35);(H,6,7)/t21-,22-,26?;/m0./s1. The molecular weight excluding hydrogens is 690 g/mol. The largest absolute Gasteiger partial charge is 0.490 e. The quantitative estimate of drug-likeness (QED) is 0.187. The van der Waals surface area contributed by atoms with Crippen LogP contribution in [0.2, 0.25) is 10.0 Å². The van der Waals surface area contributed by atoms with Crippen LogP contribution in [0.5, 0.6) is 0 Å². The number of ether oxygens (including phenoxy) is 1. The fourth-order valence-electron chi connectivity index (χ4n) is 3.62. The number of nitrogens with one attached hydrogen (secondary N) is 2. The fraction of sp³-hybridized carbons (Fsp3) is 0.414. The van der Waals surface area contributed by atoms with Crippen molar-refractivity contribution >= 4 is 64.9 Å². The number of carbonyl (C=O) groups excluding carboxylic acids is 4. The lowest BCUT2D eigenvalue weighted by molar-refractivity contribution is -0.192. The molecule has 4 amide bonds. The van der Waals surface area contributed by atoms with E-state index in [1.807, 2.05) is 0 Å². The second-order valence-corrected chi connectivity index (χ2v) is 12.7. The van der Waals surface area contributed by atoms with Crippen molar-refractivity contribution in [3.8, 4) is 0 Å². The van der Waals surface area contributed by atoms with Gasteiger partial charge in [0.25, 0.3) is 5.91 Å². The Morgan fingerprint density at radius 1 is 0.979 bits per heavy atom. The van der Waals surface area contributed by atoms with Gasteiger partial charge in [-0.05, 0) is 53.8 Å². The van der Waals surface area contributed by atoms with Gasteiger partial charge in [0, 0.05) is 27.6 Å². The maximum Gasteiger partial charge on any atom is 0.490 e. The molecule has 258 valence electrons. The van der Waals surface area contributed by atoms with E-state index in [2.05, 4.69) is 10.6 Å². The van der Waals surface area contributed by atoms with Gasteiger partial charge in [0.05, 0.1) is 12.6 Å². The summed E-state index contributed by atoms with van der Waals surface area (Å²) in [7, 11) is 0. The maximum absolute atomic E-state index is 13.4. The highest BCUT2D eigenvalue weighted by Crippen LogP contribution is 2.32. The molecule has 0 bridgehead atoms. The number of benzene rings is 2. The molecule has 0 spiro atoms. The second kappa shape index (κ2) is 17.4. The van der Waals surface area contributed by atoms with Crippen LogP contribution < -0.4 is 16.4 Å². The molecule has 0 aromatic heterocycles. The van der Waals surface area contributed by atoms with Crippen molar-refractivity contribution in [3.05, 3.63) is 69.7 Å². The predicted octanol–water partition coefficient (Wildman–Crippen LogP) is 4.85. The van der Waals surface area contributed by atoms with Crippen molar-refractivity contribution < 1.29 is 47.0 Å². The molecule has 47 heavy (non-hydrogen) atoms. The lowest BCUT2D eigenvalue weighted by Crippen LogP contribution is -2.53. The Balaban J connectivity index is 0.000000984. The number of nitrogens with zero attached hydrogens (tertiary/aromatic N) is 2. The Morgan fingerprint density at radius 3 is 1.96 bits per heavy atom. The number of aliphatic carboxylic acids is 1. The van der Waals surface area contributed by atoms with Gasteiger partial charge in [0.2, 0.25) is 5.91 Å². The normalized spacial score (nSPS) is 15.9. The highest BCUT2D eigenvalue weighted by molar-refractivity contribution is 7.98. The summed E-state index contributed by atoms with van der Waals surface area (Å²) in [5.41, 5.74) is 6.21. The highest BCUT2D eigenvalue weighted by Gasteiger charge is 2.41. The number of carboxylic acids is 1. The molecule has 0 aliphatic carbocycles. The van der Waals surface area contributed by atoms with E-state index < -0.39 is 60.3 Å². The molecule has 2 aromatic rings. The Morgan fingerprint density at radius 2 is 1.49 bits per heavy atom. The van der Waals surface area contributed by atoms with Crippen LogP contribution >= 0.6 is 35.1 Å². The van der Waals surface area contributed by atoms with Crippen LogP contribution in [-0.2, 0) is 25.7 Å². The molecule has 3 rings (SSSR count). The number of amides is 4. The van der Waals surface area contributed by atoms with Crippen LogP contribution in [0.3, 0.4) is 0 Å². The van der Waals surface area contributed by atoms with Crippen LogP contribution in [0.4, 0.5) is 18.0 Å². The molecule has 1 aliphatic rings. The third-order valence-electron chi connectivity index (χ3n) is 6.40. The van der Waals surface area contributed by atoms with Gasteiger partial charge in [-0.2, -0.15) is 13.2 Å². The highest BCUT2D eigenvalue weighted by atomic mass is 35.5. The number of carbonyl (C=O) groups is 5. The number of hydrogen-bond donors (Lipinski definition) is 4. The maximum atomic E-state index is 13.4. The Labute approximate surface area is 283 Å². The zero-order valence-electron chi connectivity index (χ0n) is 25.6. The number of nitrogens with two attached hydrogens (primary N) is 1. The first-order valence-electron chi connectivity index (χ1n) is 13.9. The van der Waals surface area contributed by atoms with E-state index in [0.717, 1.165) is 17.5 Å². The Bertz CT molecular complexity index is 1420. The molecule has 2 aromatic carbocycles. The van der Waals surface area contributed by atoms with Gasteiger partial charge in [-0.15, -0.1) is 0 Å². The number of hydrogen-bond acceptors (Lipinski definition) is 8. The molecule has 5 N–H and O–H groups in total. The smallest absolute Gasteiger partial charge is 0.475 e. The summed E-state index contributed by atoms with van der Waals surface area (Å²) >= 11 is 13.0. The van der Waals surface area contributed by atoms with E-state index in [9.17, 15) is 32.3 Å². The van der Waals surface area contributed by atoms with Crippen LogP contribution in [-0.4, -0.2) is 74.6 Å². The van der Waals surface area contributed by atoms with E-state index >= 15 is 0 Å². The molecule has 3 atom stereocenters. The van der Waals surface area contributed by atoms with Crippen molar-refractivity contribution in [1.29, 1.82) is 0 Å². The zero-order chi connectivity index (χ0) is 35.6. The van der Waals surface area contributed by atoms with Gasteiger partial charge in [-0.25, -0.2) is 14.4 Å². The molecule has 12 nitrogen and oxygen atoms in total. The number of urea groups is 1. The van der Waals surface area contributed by atoms with E-state index in [1.165, 1.54) is 9.21 Å². The average Bonchev–Trinajstić information content (AvgIpc) is 3.27. The van der Waals surface area contributed by atoms with Crippen molar-refractivity contribution in [2.75, 3.05) is 6.73 Å². The second-order valence-electron chi connectivity index (χ2n) is 10.7. The van der Waals surface area contributed by atoms with Crippen molar-refractivity contribution in [3.63, 3.8) is 0 Å². The first-order valence-corrected chi connectivity index (χ1v) is 15.5. The molecule has 1 fully saturated rings. The summed E-state index contributed by atoms with van der Waals surface area (Å²) in [4.78, 5) is 61.9. The average molecular weight is 725 g/mol. The van der Waals surface area contributed by atoms with Crippen molar-refractivity contribution in [1.82, 2.24) is 19.8 Å². The summed E-state index contributed by atoms with van der Waals surface area (Å²) in [6, 6.07) is 11.1. The zero-order valence-corrected chi connectivity index (χ0v) is 27.9. The van der Waals surface area contributed by atoms with E-state index in [4.69, 9.17) is 43.6 Å². The summed E-state index contributed by atoms with van der Waals surface area (Å²) in [6.07, 6.45) is -5.08. The van der Waals surface area contributed by atoms with Crippen LogP contribution in [0, 0.1) is 11.8 Å². The van der Waals surface area contributed by atoms with Gasteiger partial charge >= 0.3 is 24.1 Å². The topological polar surface area (TPSA) is 171 Å². The summed E-state index contributed by atoms with van der Waals surface area (Å²) in [5, 5.41) is 13.6. The van der Waals surface area contributed by atoms with Crippen LogP contribution in [0.25, 0.3) is 0 Å². The van der Waals surface area contributed by atoms with Gasteiger partial charge < -0.3 is 26.2 Å². The molecule has 1 unspecified atom stereocenters. The first kappa shape index (κ1) is 39.4. The van der Waals surface area contributed by atoms with Gasteiger partial charge in [0.15, 0.2) is 12.2 Å². The number of rotatable bonds is 11. The minimum atomic E-state index is -5.08. The molecule has 1 aliphatic heterocycles. The molecule has 0 saturated carbocycles. The van der Waals surface area contributed by atoms with Crippen LogP contribution in [0.1, 0.15) is 43.6 Å². The summed E-state index contributed by atoms with van der Waals surface area (Å²) in [5.74, 6) is -4.83. The Kier molecular flexibility index (Phi) is 14.6. The number of alkyl halides is 3. The van der Waals surface area contributed by atoms with Crippen molar-refractivity contribution in [2.24, 2.45) is 17.6 Å². The lowest BCUT2D eigenvalue weighted by atomic mass is 10.0. The number of esters is 1. The minimum Gasteiger partial charge on any atom is -0.475 e.